The zero-order chi connectivity index (χ0) is 18.5. The molecule has 0 radical (unpaired) electrons. The van der Waals surface area contributed by atoms with Gasteiger partial charge >= 0.3 is 0 Å². The van der Waals surface area contributed by atoms with Crippen LogP contribution >= 0.6 is 0 Å². The first-order valence-electron chi connectivity index (χ1n) is 9.56. The molecule has 5 unspecified atom stereocenters. The van der Waals surface area contributed by atoms with Gasteiger partial charge in [0.2, 0.25) is 6.04 Å². The Hall–Kier alpha value is -0.490. The van der Waals surface area contributed by atoms with Crippen molar-refractivity contribution < 1.29 is 13.7 Å². The van der Waals surface area contributed by atoms with Gasteiger partial charge in [-0.2, -0.15) is 0 Å². The van der Waals surface area contributed by atoms with E-state index in [9.17, 15) is 18.9 Å². The second-order valence-electron chi connectivity index (χ2n) is 7.21. The van der Waals surface area contributed by atoms with Crippen molar-refractivity contribution >= 4 is 11.1 Å². The van der Waals surface area contributed by atoms with Crippen LogP contribution in [0.25, 0.3) is 0 Å². The van der Waals surface area contributed by atoms with Gasteiger partial charge < -0.3 is 4.55 Å². The number of rotatable bonds is 15. The van der Waals surface area contributed by atoms with Crippen molar-refractivity contribution in [2.24, 2.45) is 11.8 Å². The Labute approximate surface area is 150 Å². The molecule has 0 aliphatic carbocycles. The predicted molar refractivity (Wildman–Crippen MR) is 101 cm³/mol. The van der Waals surface area contributed by atoms with Gasteiger partial charge in [0.15, 0.2) is 11.1 Å². The first-order chi connectivity index (χ1) is 11.3. The molecular weight excluding hydrogens is 326 g/mol. The maximum Gasteiger partial charge on any atom is 0.219 e. The fraction of sp³-hybridized carbons (Fsp3) is 1.00. The molecule has 0 amide bonds. The van der Waals surface area contributed by atoms with E-state index in [0.717, 1.165) is 19.3 Å². The molecular formula is C18H37NO4S. The first-order valence-corrected chi connectivity index (χ1v) is 10.7. The molecule has 0 spiro atoms. The first kappa shape index (κ1) is 23.5. The molecule has 0 saturated heterocycles. The Kier molecular flexibility index (Phi) is 13.5. The summed E-state index contributed by atoms with van der Waals surface area (Å²) >= 11 is -2.01. The maximum absolute atomic E-state index is 11.4. The van der Waals surface area contributed by atoms with Crippen molar-refractivity contribution in [3.63, 3.8) is 0 Å². The molecule has 1 N–H and O–H groups in total. The van der Waals surface area contributed by atoms with Gasteiger partial charge in [0.25, 0.3) is 0 Å². The molecule has 0 aliphatic heterocycles. The van der Waals surface area contributed by atoms with Crippen LogP contribution in [0.15, 0.2) is 0 Å². The third-order valence-electron chi connectivity index (χ3n) is 5.19. The lowest BCUT2D eigenvalue weighted by atomic mass is 9.86. The van der Waals surface area contributed by atoms with Gasteiger partial charge in [-0.1, -0.05) is 78.6 Å². The third-order valence-corrected chi connectivity index (χ3v) is 6.25. The molecule has 24 heavy (non-hydrogen) atoms. The van der Waals surface area contributed by atoms with Crippen LogP contribution in [0.1, 0.15) is 91.9 Å². The van der Waals surface area contributed by atoms with Crippen LogP contribution < -0.4 is 0 Å². The van der Waals surface area contributed by atoms with Gasteiger partial charge in [-0.3, -0.25) is 10.1 Å². The maximum atomic E-state index is 11.4. The summed E-state index contributed by atoms with van der Waals surface area (Å²) in [6.45, 7) is 7.46. The van der Waals surface area contributed by atoms with Crippen LogP contribution in [0.4, 0.5) is 0 Å². The standard InChI is InChI=1S/C18H37NO4S/c1-5-6-7-8-9-10-11-12-13-14-15(2)18(19(20)21)16(3)17(4)24(22)23/h15-18H,5-14H2,1-4H3,(H,22,23). The molecule has 0 aromatic carbocycles. The highest BCUT2D eigenvalue weighted by molar-refractivity contribution is 7.79. The summed E-state index contributed by atoms with van der Waals surface area (Å²) in [5.41, 5.74) is 0. The Morgan fingerprint density at radius 2 is 1.42 bits per heavy atom. The summed E-state index contributed by atoms with van der Waals surface area (Å²) in [6.07, 6.45) is 12.0. The number of unbranched alkanes of at least 4 members (excludes halogenated alkanes) is 8. The number of hydrogen-bond donors (Lipinski definition) is 1. The molecule has 0 heterocycles. The summed E-state index contributed by atoms with van der Waals surface area (Å²) in [5, 5.41) is 10.8. The van der Waals surface area contributed by atoms with E-state index in [1.165, 1.54) is 44.9 Å². The van der Waals surface area contributed by atoms with Crippen LogP contribution in [-0.2, 0) is 11.1 Å². The van der Waals surface area contributed by atoms with E-state index in [0.29, 0.717) is 0 Å². The molecule has 0 saturated carbocycles. The third kappa shape index (κ3) is 9.72. The van der Waals surface area contributed by atoms with Crippen molar-refractivity contribution in [3.05, 3.63) is 10.1 Å². The highest BCUT2D eigenvalue weighted by Crippen LogP contribution is 2.26. The lowest BCUT2D eigenvalue weighted by Crippen LogP contribution is -2.40. The zero-order valence-corrected chi connectivity index (χ0v) is 16.7. The molecule has 0 aromatic heterocycles. The van der Waals surface area contributed by atoms with Crippen LogP contribution in [0.5, 0.6) is 0 Å². The highest BCUT2D eigenvalue weighted by atomic mass is 32.2. The Balaban J connectivity index is 4.06. The van der Waals surface area contributed by atoms with E-state index in [4.69, 9.17) is 0 Å². The summed E-state index contributed by atoms with van der Waals surface area (Å²) in [4.78, 5) is 11.1. The largest absolute Gasteiger partial charge is 0.306 e. The van der Waals surface area contributed by atoms with Gasteiger partial charge in [-0.15, -0.1) is 0 Å². The number of nitro groups is 1. The minimum atomic E-state index is -2.01. The van der Waals surface area contributed by atoms with E-state index in [2.05, 4.69) is 6.92 Å². The van der Waals surface area contributed by atoms with Crippen LogP contribution in [0.2, 0.25) is 0 Å². The van der Waals surface area contributed by atoms with Crippen molar-refractivity contribution in [1.82, 2.24) is 0 Å². The monoisotopic (exact) mass is 363 g/mol. The Morgan fingerprint density at radius 3 is 1.83 bits per heavy atom. The SMILES string of the molecule is CCCCCCCCCCCC(C)C(C(C)C(C)S(=O)O)[N+](=O)[O-]. The molecule has 5 atom stereocenters. The molecule has 0 bridgehead atoms. The molecule has 0 rings (SSSR count). The van der Waals surface area contributed by atoms with Gasteiger partial charge in [-0.25, -0.2) is 4.21 Å². The Bertz CT molecular complexity index is 365. The topological polar surface area (TPSA) is 80.4 Å². The smallest absolute Gasteiger partial charge is 0.219 e. The summed E-state index contributed by atoms with van der Waals surface area (Å²) in [5.74, 6) is -0.468. The minimum absolute atomic E-state index is 0.0643. The van der Waals surface area contributed by atoms with E-state index in [1.807, 2.05) is 6.92 Å². The number of hydrogen-bond acceptors (Lipinski definition) is 3. The van der Waals surface area contributed by atoms with Gasteiger partial charge in [0, 0.05) is 16.8 Å². The van der Waals surface area contributed by atoms with Crippen LogP contribution in [0, 0.1) is 22.0 Å². The molecule has 0 aliphatic rings. The highest BCUT2D eigenvalue weighted by Gasteiger charge is 2.38. The van der Waals surface area contributed by atoms with Gasteiger partial charge in [-0.05, 0) is 13.3 Å². The normalized spacial score (nSPS) is 17.9. The number of nitrogens with zero attached hydrogens (tertiary/aromatic N) is 1. The molecule has 6 heteroatoms. The second-order valence-corrected chi connectivity index (χ2v) is 8.51. The Morgan fingerprint density at radius 1 is 0.958 bits per heavy atom. The molecule has 0 fully saturated rings. The fourth-order valence-corrected chi connectivity index (χ4v) is 3.86. The zero-order valence-electron chi connectivity index (χ0n) is 15.9. The van der Waals surface area contributed by atoms with Crippen LogP contribution in [0.3, 0.4) is 0 Å². The summed E-state index contributed by atoms with van der Waals surface area (Å²) in [6, 6.07) is -0.745. The van der Waals surface area contributed by atoms with Crippen LogP contribution in [-0.4, -0.2) is 25.0 Å². The van der Waals surface area contributed by atoms with Crippen molar-refractivity contribution in [1.29, 1.82) is 0 Å². The molecule has 144 valence electrons. The quantitative estimate of drug-likeness (QED) is 0.182. The average molecular weight is 364 g/mol. The molecule has 0 aromatic rings. The van der Waals surface area contributed by atoms with Crippen molar-refractivity contribution in [2.45, 2.75) is 103 Å². The van der Waals surface area contributed by atoms with E-state index >= 15 is 0 Å². The predicted octanol–water partition coefficient (Wildman–Crippen LogP) is 5.44. The molecule has 5 nitrogen and oxygen atoms in total. The average Bonchev–Trinajstić information content (AvgIpc) is 2.52. The van der Waals surface area contributed by atoms with Crippen molar-refractivity contribution in [3.8, 4) is 0 Å². The van der Waals surface area contributed by atoms with E-state index in [-0.39, 0.29) is 10.8 Å². The fourth-order valence-electron chi connectivity index (χ4n) is 3.33. The summed E-state index contributed by atoms with van der Waals surface area (Å²) < 4.78 is 20.4. The van der Waals surface area contributed by atoms with E-state index < -0.39 is 28.3 Å². The van der Waals surface area contributed by atoms with Gasteiger partial charge in [0.1, 0.15) is 0 Å². The lowest BCUT2D eigenvalue weighted by molar-refractivity contribution is -0.540. The minimum Gasteiger partial charge on any atom is -0.306 e. The van der Waals surface area contributed by atoms with Crippen molar-refractivity contribution in [2.75, 3.05) is 0 Å². The lowest BCUT2D eigenvalue weighted by Gasteiger charge is -2.25. The second kappa shape index (κ2) is 13.8. The van der Waals surface area contributed by atoms with E-state index in [1.54, 1.807) is 13.8 Å². The summed E-state index contributed by atoms with van der Waals surface area (Å²) in [7, 11) is 0. The van der Waals surface area contributed by atoms with Gasteiger partial charge in [0.05, 0.1) is 5.25 Å².